The van der Waals surface area contributed by atoms with Gasteiger partial charge in [0.05, 0.1) is 37.5 Å². The number of nitrogens with zero attached hydrogens (tertiary/aromatic N) is 5. The molecule has 306 valence electrons. The molecular formula is C45H42N6O8S. The van der Waals surface area contributed by atoms with Gasteiger partial charge in [0.1, 0.15) is 18.4 Å². The van der Waals surface area contributed by atoms with E-state index >= 15 is 0 Å². The Kier molecular flexibility index (Phi) is 12.3. The molecule has 2 aliphatic rings. The lowest BCUT2D eigenvalue weighted by atomic mass is 9.91. The number of aliphatic hydroxyl groups excluding tert-OH is 1. The minimum absolute atomic E-state index is 0.0334. The van der Waals surface area contributed by atoms with Gasteiger partial charge in [0, 0.05) is 17.2 Å². The van der Waals surface area contributed by atoms with E-state index in [9.17, 15) is 24.6 Å². The van der Waals surface area contributed by atoms with E-state index in [0.29, 0.717) is 16.6 Å². The number of carbonyl (C=O) groups is 3. The van der Waals surface area contributed by atoms with Crippen molar-refractivity contribution in [1.29, 1.82) is 0 Å². The van der Waals surface area contributed by atoms with Crippen LogP contribution in [-0.4, -0.2) is 71.1 Å². The highest BCUT2D eigenvalue weighted by molar-refractivity contribution is 7.99. The molecule has 8 rings (SSSR count). The molecule has 0 spiro atoms. The molecule has 60 heavy (non-hydrogen) atoms. The van der Waals surface area contributed by atoms with Crippen molar-refractivity contribution < 1.29 is 38.8 Å². The topological polar surface area (TPSA) is 178 Å². The van der Waals surface area contributed by atoms with Crippen molar-refractivity contribution in [3.05, 3.63) is 155 Å². The number of alkyl carbamates (subject to hydrolysis) is 1. The molecule has 5 aromatic carbocycles. The first-order valence-electron chi connectivity index (χ1n) is 19.4. The first-order chi connectivity index (χ1) is 29.2. The van der Waals surface area contributed by atoms with E-state index in [1.54, 1.807) is 28.9 Å². The summed E-state index contributed by atoms with van der Waals surface area (Å²) in [6.45, 7) is 2.10. The fraction of sp³-hybridized carbons (Fsp3) is 0.244. The van der Waals surface area contributed by atoms with E-state index in [1.807, 2.05) is 103 Å². The number of hydrogen-bond acceptors (Lipinski definition) is 12. The van der Waals surface area contributed by atoms with Gasteiger partial charge in [0.15, 0.2) is 6.29 Å². The molecule has 0 saturated carbocycles. The van der Waals surface area contributed by atoms with Crippen LogP contribution in [0.3, 0.4) is 0 Å². The quantitative estimate of drug-likeness (QED) is 0.0834. The van der Waals surface area contributed by atoms with Crippen LogP contribution in [0.5, 0.6) is 5.75 Å². The van der Waals surface area contributed by atoms with Crippen LogP contribution < -0.4 is 5.32 Å². The van der Waals surface area contributed by atoms with Crippen LogP contribution in [0.15, 0.2) is 133 Å². The number of thioether (sulfide) groups is 1. The molecule has 15 heteroatoms. The Morgan fingerprint density at radius 1 is 0.867 bits per heavy atom. The van der Waals surface area contributed by atoms with Crippen LogP contribution in [0.2, 0.25) is 0 Å². The second-order valence-corrected chi connectivity index (χ2v) is 15.6. The zero-order valence-electron chi connectivity index (χ0n) is 32.5. The number of ether oxygens (including phenoxy) is 3. The van der Waals surface area contributed by atoms with Crippen molar-refractivity contribution in [1.82, 2.24) is 30.4 Å². The van der Waals surface area contributed by atoms with Crippen molar-refractivity contribution in [2.24, 2.45) is 5.92 Å². The number of hydrogen-bond donors (Lipinski definition) is 3. The molecule has 3 amide bonds. The van der Waals surface area contributed by atoms with Crippen LogP contribution in [0.1, 0.15) is 53.6 Å². The molecule has 6 aromatic rings. The number of likely N-dealkylation sites (tertiary alicyclic amines) is 1. The smallest absolute Gasteiger partial charge is 0.408 e. The number of phenolic OH excluding ortho intramolecular Hbond substituents is 1. The maximum Gasteiger partial charge on any atom is 0.408 e. The molecule has 0 radical (unpaired) electrons. The molecule has 0 bridgehead atoms. The lowest BCUT2D eigenvalue weighted by Gasteiger charge is -2.41. The number of rotatable bonds is 13. The van der Waals surface area contributed by atoms with Gasteiger partial charge >= 0.3 is 6.09 Å². The second kappa shape index (κ2) is 18.3. The summed E-state index contributed by atoms with van der Waals surface area (Å²) in [7, 11) is 0. The number of imide groups is 1. The number of phenols is 1. The average Bonchev–Trinajstić information content (AvgIpc) is 3.86. The number of aromatic nitrogens is 4. The molecule has 2 fully saturated rings. The van der Waals surface area contributed by atoms with Crippen molar-refractivity contribution in [3.8, 4) is 22.6 Å². The number of nitrogens with one attached hydrogen (secondary N) is 1. The molecule has 2 aliphatic heterocycles. The maximum absolute atomic E-state index is 13.4. The SMILES string of the molecule is C[C@@H]1[C@H](CSc2nnnn2-c2ccc(O)cc2)O[C@H](c2ccc(-c3ccccc3CN3C(=O)CC(NC(=O)OCc4ccccc4)C3=O)cc2)O[C@@H]1c1ccc(CO)cc1. The third-order valence-electron chi connectivity index (χ3n) is 10.6. The number of tetrazole rings is 1. The van der Waals surface area contributed by atoms with E-state index in [-0.39, 0.29) is 56.0 Å². The van der Waals surface area contributed by atoms with Crippen LogP contribution >= 0.6 is 11.8 Å². The predicted molar refractivity (Wildman–Crippen MR) is 220 cm³/mol. The fourth-order valence-electron chi connectivity index (χ4n) is 7.29. The third-order valence-corrected chi connectivity index (χ3v) is 11.6. The molecule has 1 aromatic heterocycles. The zero-order valence-corrected chi connectivity index (χ0v) is 33.4. The zero-order chi connectivity index (χ0) is 41.6. The van der Waals surface area contributed by atoms with Crippen molar-refractivity contribution in [2.75, 3.05) is 5.75 Å². The first kappa shape index (κ1) is 40.4. The Morgan fingerprint density at radius 2 is 1.58 bits per heavy atom. The van der Waals surface area contributed by atoms with Gasteiger partial charge in [0.25, 0.3) is 5.91 Å². The summed E-state index contributed by atoms with van der Waals surface area (Å²) >= 11 is 1.45. The Bertz CT molecular complexity index is 2430. The van der Waals surface area contributed by atoms with Crippen LogP contribution in [0, 0.1) is 5.92 Å². The lowest BCUT2D eigenvalue weighted by molar-refractivity contribution is -0.268. The van der Waals surface area contributed by atoms with E-state index in [4.69, 9.17) is 14.2 Å². The Labute approximate surface area is 350 Å². The summed E-state index contributed by atoms with van der Waals surface area (Å²) in [5.41, 5.74) is 6.52. The summed E-state index contributed by atoms with van der Waals surface area (Å²) in [4.78, 5) is 40.2. The second-order valence-electron chi connectivity index (χ2n) is 14.6. The molecule has 1 unspecified atom stereocenters. The highest BCUT2D eigenvalue weighted by Gasteiger charge is 2.41. The number of amides is 3. The summed E-state index contributed by atoms with van der Waals surface area (Å²) in [6.07, 6.45) is -2.28. The number of carbonyl (C=O) groups excluding carboxylic acids is 3. The normalized spacial score (nSPS) is 20.3. The van der Waals surface area contributed by atoms with Crippen molar-refractivity contribution in [2.45, 2.75) is 62.8 Å². The van der Waals surface area contributed by atoms with Gasteiger partial charge in [-0.3, -0.25) is 14.5 Å². The van der Waals surface area contributed by atoms with Gasteiger partial charge < -0.3 is 29.7 Å². The van der Waals surface area contributed by atoms with Gasteiger partial charge in [0.2, 0.25) is 11.1 Å². The van der Waals surface area contributed by atoms with Crippen LogP contribution in [0.25, 0.3) is 16.8 Å². The van der Waals surface area contributed by atoms with E-state index in [0.717, 1.165) is 38.9 Å². The van der Waals surface area contributed by atoms with Gasteiger partial charge in [-0.2, -0.15) is 4.68 Å². The Morgan fingerprint density at radius 3 is 2.33 bits per heavy atom. The van der Waals surface area contributed by atoms with E-state index in [2.05, 4.69) is 27.8 Å². The largest absolute Gasteiger partial charge is 0.508 e. The predicted octanol–water partition coefficient (Wildman–Crippen LogP) is 6.66. The number of aliphatic hydroxyl groups is 1. The van der Waals surface area contributed by atoms with Crippen LogP contribution in [0.4, 0.5) is 4.79 Å². The van der Waals surface area contributed by atoms with Gasteiger partial charge in [-0.15, -0.1) is 5.10 Å². The highest BCUT2D eigenvalue weighted by atomic mass is 32.2. The molecule has 14 nitrogen and oxygen atoms in total. The first-order valence-corrected chi connectivity index (χ1v) is 20.4. The van der Waals surface area contributed by atoms with Crippen LogP contribution in [-0.2, 0) is 43.6 Å². The molecule has 0 aliphatic carbocycles. The maximum atomic E-state index is 13.4. The molecule has 5 atom stereocenters. The highest BCUT2D eigenvalue weighted by Crippen LogP contribution is 2.43. The minimum Gasteiger partial charge on any atom is -0.508 e. The summed E-state index contributed by atoms with van der Waals surface area (Å²) < 4.78 is 20.3. The number of benzene rings is 5. The monoisotopic (exact) mass is 826 g/mol. The Hall–Kier alpha value is -6.39. The van der Waals surface area contributed by atoms with Gasteiger partial charge in [-0.05, 0) is 68.1 Å². The van der Waals surface area contributed by atoms with Crippen molar-refractivity contribution >= 4 is 29.7 Å². The summed E-state index contributed by atoms with van der Waals surface area (Å²) in [6, 6.07) is 37.9. The van der Waals surface area contributed by atoms with Gasteiger partial charge in [-0.1, -0.05) is 122 Å². The summed E-state index contributed by atoms with van der Waals surface area (Å²) in [5.74, 6) is -0.305. The van der Waals surface area contributed by atoms with Crippen molar-refractivity contribution in [3.63, 3.8) is 0 Å². The third kappa shape index (κ3) is 9.09. The molecule has 2 saturated heterocycles. The fourth-order valence-corrected chi connectivity index (χ4v) is 8.34. The molecule has 3 N–H and O–H groups in total. The minimum atomic E-state index is -1.02. The standard InChI is InChI=1S/C45H42N6O8S/c1-28-39(27-60-44-47-48-49-51(44)35-19-21-36(53)22-20-35)58-43(59-41(28)32-13-11-29(25-52)12-14-32)33-17-15-31(16-18-33)37-10-6-5-9-34(37)24-50-40(54)23-38(42(50)55)46-45(56)57-26-30-7-3-2-4-8-30/h2-22,28,38-39,41,43,52-53H,23-27H2,1H3,(H,46,56)/t28-,38?,39+,41+,43+/m1/s1. The summed E-state index contributed by atoms with van der Waals surface area (Å²) in [5, 5.41) is 34.8. The van der Waals surface area contributed by atoms with E-state index in [1.165, 1.54) is 16.7 Å². The molecular weight excluding hydrogens is 785 g/mol. The van der Waals surface area contributed by atoms with E-state index < -0.39 is 24.3 Å². The van der Waals surface area contributed by atoms with Gasteiger partial charge in [-0.25, -0.2) is 4.79 Å². The number of aromatic hydroxyl groups is 1. The molecule has 3 heterocycles. The lowest BCUT2D eigenvalue weighted by Crippen LogP contribution is -2.41. The Balaban J connectivity index is 0.971. The average molecular weight is 827 g/mol.